The lowest BCUT2D eigenvalue weighted by Gasteiger charge is -2.28. The maximum atomic E-state index is 6.47. The van der Waals surface area contributed by atoms with E-state index in [0.29, 0.717) is 13.2 Å². The van der Waals surface area contributed by atoms with Gasteiger partial charge in [0.1, 0.15) is 0 Å². The van der Waals surface area contributed by atoms with Crippen molar-refractivity contribution in [2.75, 3.05) is 18.1 Å². The Morgan fingerprint density at radius 2 is 1.93 bits per heavy atom. The molecule has 1 saturated heterocycles. The number of hydrogen-bond acceptors (Lipinski definition) is 5. The molecule has 0 unspecified atom stereocenters. The summed E-state index contributed by atoms with van der Waals surface area (Å²) in [7, 11) is 0. The van der Waals surface area contributed by atoms with Crippen LogP contribution in [0.4, 0.5) is 5.69 Å². The summed E-state index contributed by atoms with van der Waals surface area (Å²) in [5, 5.41) is 0.745. The highest BCUT2D eigenvalue weighted by Crippen LogP contribution is 2.33. The maximum absolute atomic E-state index is 6.47. The minimum Gasteiger partial charge on any atom is -0.399 e. The Hall–Kier alpha value is -1.70. The Morgan fingerprint density at radius 3 is 2.63 bits per heavy atom. The number of aromatic nitrogens is 2. The molecule has 8 heteroatoms. The fourth-order valence-corrected chi connectivity index (χ4v) is 4.39. The first kappa shape index (κ1) is 23.0. The molecule has 5 nitrogen and oxygen atoms in total. The molecule has 1 aromatic heterocycles. The molecule has 0 radical (unpaired) electrons. The molecule has 2 atom stereocenters. The Balaban J connectivity index is 0.00000256. The number of nitrogen functional groups attached to an aromatic ring is 1. The monoisotopic (exact) mass is 465 g/mol. The molecule has 1 aliphatic heterocycles. The molecular weight excluding hydrogens is 441 g/mol. The van der Waals surface area contributed by atoms with E-state index in [0.717, 1.165) is 29.3 Å². The van der Waals surface area contributed by atoms with Crippen LogP contribution in [0.2, 0.25) is 5.02 Å². The lowest BCUT2D eigenvalue weighted by molar-refractivity contribution is -0.180. The van der Waals surface area contributed by atoms with Crippen molar-refractivity contribution in [3.8, 4) is 0 Å². The van der Waals surface area contributed by atoms with Gasteiger partial charge in [0.15, 0.2) is 5.79 Å². The van der Waals surface area contributed by atoms with Crippen LogP contribution >= 0.6 is 35.8 Å². The van der Waals surface area contributed by atoms with Crippen molar-refractivity contribution in [1.29, 1.82) is 0 Å². The topological polar surface area (TPSA) is 62.3 Å². The van der Waals surface area contributed by atoms with Crippen LogP contribution in [0, 0.1) is 0 Å². The summed E-state index contributed by atoms with van der Waals surface area (Å²) in [5.74, 6) is 0.170. The molecule has 160 valence electrons. The Kier molecular flexibility index (Phi) is 8.08. The number of benzene rings is 2. The summed E-state index contributed by atoms with van der Waals surface area (Å²) < 4.78 is 14.7. The highest BCUT2D eigenvalue weighted by atomic mass is 35.5. The van der Waals surface area contributed by atoms with Crippen molar-refractivity contribution < 1.29 is 9.47 Å². The molecule has 1 fully saturated rings. The van der Waals surface area contributed by atoms with Crippen LogP contribution in [-0.4, -0.2) is 33.8 Å². The van der Waals surface area contributed by atoms with Crippen LogP contribution in [0.1, 0.15) is 12.0 Å². The normalized spacial score (nSPS) is 20.8. The van der Waals surface area contributed by atoms with Gasteiger partial charge in [-0.15, -0.1) is 24.2 Å². The molecule has 30 heavy (non-hydrogen) atoms. The van der Waals surface area contributed by atoms with Gasteiger partial charge in [0.05, 0.1) is 25.6 Å². The van der Waals surface area contributed by atoms with E-state index < -0.39 is 5.79 Å². The molecule has 2 heterocycles. The van der Waals surface area contributed by atoms with E-state index in [-0.39, 0.29) is 18.5 Å². The Labute approximate surface area is 192 Å². The van der Waals surface area contributed by atoms with Crippen molar-refractivity contribution in [3.63, 3.8) is 0 Å². The zero-order chi connectivity index (χ0) is 20.1. The first-order valence-electron chi connectivity index (χ1n) is 9.61. The molecular formula is C22H25Cl2N3O2S. The predicted molar refractivity (Wildman–Crippen MR) is 124 cm³/mol. The minimum atomic E-state index is -0.660. The number of nitrogens with zero attached hydrogens (tertiary/aromatic N) is 2. The Bertz CT molecular complexity index is 907. The van der Waals surface area contributed by atoms with E-state index >= 15 is 0 Å². The first-order valence-corrected chi connectivity index (χ1v) is 11.0. The number of anilines is 1. The van der Waals surface area contributed by atoms with Gasteiger partial charge >= 0.3 is 0 Å². The van der Waals surface area contributed by atoms with Crippen molar-refractivity contribution in [2.24, 2.45) is 0 Å². The number of thioether (sulfide) groups is 1. The van der Waals surface area contributed by atoms with Gasteiger partial charge in [0.2, 0.25) is 0 Å². The molecule has 2 N–H and O–H groups in total. The summed E-state index contributed by atoms with van der Waals surface area (Å²) >= 11 is 7.76. The number of rotatable bonds is 8. The molecule has 4 rings (SSSR count). The van der Waals surface area contributed by atoms with Gasteiger partial charge in [0, 0.05) is 40.2 Å². The fourth-order valence-electron chi connectivity index (χ4n) is 3.39. The van der Waals surface area contributed by atoms with Crippen LogP contribution in [0.15, 0.2) is 72.1 Å². The van der Waals surface area contributed by atoms with Crippen LogP contribution in [0.5, 0.6) is 0 Å². The maximum Gasteiger partial charge on any atom is 0.187 e. The Morgan fingerprint density at radius 1 is 1.17 bits per heavy atom. The van der Waals surface area contributed by atoms with E-state index in [1.165, 1.54) is 10.5 Å². The van der Waals surface area contributed by atoms with Gasteiger partial charge in [-0.3, -0.25) is 0 Å². The zero-order valence-corrected chi connectivity index (χ0v) is 18.8. The third kappa shape index (κ3) is 6.15. The molecule has 0 aliphatic carbocycles. The van der Waals surface area contributed by atoms with Gasteiger partial charge in [-0.25, -0.2) is 4.98 Å². The number of aryl methyl sites for hydroxylation is 1. The van der Waals surface area contributed by atoms with Crippen molar-refractivity contribution in [3.05, 3.63) is 77.8 Å². The molecule has 1 aliphatic rings. The number of ether oxygens (including phenoxy) is 2. The summed E-state index contributed by atoms with van der Waals surface area (Å²) in [6, 6.07) is 15.9. The second-order valence-corrected chi connectivity index (χ2v) is 8.73. The summed E-state index contributed by atoms with van der Waals surface area (Å²) in [6.45, 7) is 1.20. The van der Waals surface area contributed by atoms with Gasteiger partial charge in [-0.05, 0) is 48.4 Å². The van der Waals surface area contributed by atoms with Gasteiger partial charge in [0.25, 0.3) is 0 Å². The molecule has 0 amide bonds. The van der Waals surface area contributed by atoms with Crippen LogP contribution in [0.25, 0.3) is 0 Å². The standard InChI is InChI=1S/C22H24ClN3O2S.ClH/c23-18-3-1-17(2-4-18)9-10-22(15-26-12-11-25-16-26)27-13-20(28-22)14-29-21-7-5-19(24)6-8-21;/h1-8,11-12,16,20H,9-10,13-15,24H2;1H/t20-,22+;/m0./s1. The lowest BCUT2D eigenvalue weighted by atomic mass is 10.0. The van der Waals surface area contributed by atoms with Crippen LogP contribution < -0.4 is 5.73 Å². The third-order valence-electron chi connectivity index (χ3n) is 4.92. The highest BCUT2D eigenvalue weighted by molar-refractivity contribution is 7.99. The highest BCUT2D eigenvalue weighted by Gasteiger charge is 2.41. The van der Waals surface area contributed by atoms with E-state index in [1.807, 2.05) is 47.2 Å². The summed E-state index contributed by atoms with van der Waals surface area (Å²) in [6.07, 6.45) is 7.15. The van der Waals surface area contributed by atoms with Crippen LogP contribution in [0.3, 0.4) is 0 Å². The number of hydrogen-bond donors (Lipinski definition) is 1. The van der Waals surface area contributed by atoms with E-state index in [4.69, 9.17) is 26.8 Å². The van der Waals surface area contributed by atoms with E-state index in [9.17, 15) is 0 Å². The van der Waals surface area contributed by atoms with Crippen LogP contribution in [-0.2, 0) is 22.4 Å². The molecule has 2 aromatic carbocycles. The van der Waals surface area contributed by atoms with Gasteiger partial charge in [-0.1, -0.05) is 23.7 Å². The summed E-state index contributed by atoms with van der Waals surface area (Å²) in [4.78, 5) is 5.33. The quantitative estimate of drug-likeness (QED) is 0.371. The number of nitrogens with two attached hydrogens (primary N) is 1. The number of imidazole rings is 1. The SMILES string of the molecule is Cl.Nc1ccc(SC[C@@H]2CO[C@@](CCc3ccc(Cl)cc3)(Cn3ccnc3)O2)cc1. The molecule has 0 bridgehead atoms. The molecule has 0 spiro atoms. The van der Waals surface area contributed by atoms with E-state index in [2.05, 4.69) is 17.1 Å². The van der Waals surface area contributed by atoms with Crippen molar-refractivity contribution in [2.45, 2.75) is 36.2 Å². The average Bonchev–Trinajstić information content (AvgIpc) is 3.38. The third-order valence-corrected chi connectivity index (χ3v) is 6.32. The summed E-state index contributed by atoms with van der Waals surface area (Å²) in [5.41, 5.74) is 7.75. The fraction of sp³-hybridized carbons (Fsp3) is 0.318. The van der Waals surface area contributed by atoms with Crippen molar-refractivity contribution in [1.82, 2.24) is 9.55 Å². The second kappa shape index (κ2) is 10.6. The largest absolute Gasteiger partial charge is 0.399 e. The minimum absolute atomic E-state index is 0. The molecule has 0 saturated carbocycles. The van der Waals surface area contributed by atoms with Gasteiger partial charge in [-0.2, -0.15) is 0 Å². The second-order valence-electron chi connectivity index (χ2n) is 7.20. The number of halogens is 2. The van der Waals surface area contributed by atoms with E-state index in [1.54, 1.807) is 24.3 Å². The average molecular weight is 466 g/mol. The van der Waals surface area contributed by atoms with Crippen molar-refractivity contribution >= 4 is 41.5 Å². The predicted octanol–water partition coefficient (Wildman–Crippen LogP) is 5.08. The zero-order valence-electron chi connectivity index (χ0n) is 16.4. The smallest absolute Gasteiger partial charge is 0.187 e. The first-order chi connectivity index (χ1) is 14.1. The molecule has 3 aromatic rings. The van der Waals surface area contributed by atoms with Gasteiger partial charge < -0.3 is 19.8 Å². The lowest BCUT2D eigenvalue weighted by Crippen LogP contribution is -2.37.